The van der Waals surface area contributed by atoms with Crippen LogP contribution >= 0.6 is 0 Å². The van der Waals surface area contributed by atoms with Crippen LogP contribution in [0.15, 0.2) is 48.5 Å². The summed E-state index contributed by atoms with van der Waals surface area (Å²) in [5.74, 6) is -0.809. The van der Waals surface area contributed by atoms with Crippen molar-refractivity contribution in [3.8, 4) is 5.75 Å². The highest BCUT2D eigenvalue weighted by molar-refractivity contribution is 6.07. The number of nitro benzene ring substituents is 1. The molecule has 2 aromatic carbocycles. The molecule has 2 rings (SSSR count). The van der Waals surface area contributed by atoms with Crippen LogP contribution in [0.1, 0.15) is 27.9 Å². The molecule has 0 aliphatic carbocycles. The zero-order valence-electron chi connectivity index (χ0n) is 14.0. The Hall–Kier alpha value is -3.48. The van der Waals surface area contributed by atoms with Crippen LogP contribution in [-0.2, 0) is 4.79 Å². The van der Waals surface area contributed by atoms with Crippen molar-refractivity contribution in [3.63, 3.8) is 0 Å². The molecule has 7 nitrogen and oxygen atoms in total. The van der Waals surface area contributed by atoms with Gasteiger partial charge in [0.1, 0.15) is 5.75 Å². The summed E-state index contributed by atoms with van der Waals surface area (Å²) in [5.41, 5.74) is 1.31. The molecule has 0 bridgehead atoms. The number of carboxylic acid groups (broad SMARTS) is 1. The van der Waals surface area contributed by atoms with Crippen molar-refractivity contribution in [2.45, 2.75) is 13.3 Å². The van der Waals surface area contributed by atoms with Crippen LogP contribution in [0.25, 0.3) is 6.08 Å². The lowest BCUT2D eigenvalue weighted by molar-refractivity contribution is -0.385. The van der Waals surface area contributed by atoms with Crippen molar-refractivity contribution in [2.24, 2.45) is 0 Å². The fourth-order valence-electron chi connectivity index (χ4n) is 2.19. The van der Waals surface area contributed by atoms with Crippen molar-refractivity contribution >= 4 is 23.5 Å². The van der Waals surface area contributed by atoms with E-state index in [9.17, 15) is 19.7 Å². The van der Waals surface area contributed by atoms with Gasteiger partial charge in [-0.05, 0) is 30.7 Å². The van der Waals surface area contributed by atoms with E-state index in [4.69, 9.17) is 9.84 Å². The molecule has 2 aromatic rings. The second-order valence-corrected chi connectivity index (χ2v) is 5.52. The number of nitrogens with zero attached hydrogens (tertiary/aromatic N) is 1. The Morgan fingerprint density at radius 2 is 2.00 bits per heavy atom. The minimum Gasteiger partial charge on any atom is -0.493 e. The van der Waals surface area contributed by atoms with Crippen LogP contribution < -0.4 is 4.74 Å². The molecule has 0 unspecified atom stereocenters. The number of ketones is 1. The van der Waals surface area contributed by atoms with Crippen LogP contribution in [0, 0.1) is 17.0 Å². The van der Waals surface area contributed by atoms with Crippen molar-refractivity contribution in [1.82, 2.24) is 0 Å². The van der Waals surface area contributed by atoms with Gasteiger partial charge in [0.15, 0.2) is 5.78 Å². The Bertz CT molecular complexity index is 872. The Balaban J connectivity index is 2.09. The van der Waals surface area contributed by atoms with E-state index in [-0.39, 0.29) is 30.1 Å². The summed E-state index contributed by atoms with van der Waals surface area (Å²) in [6, 6.07) is 11.2. The Morgan fingerprint density at radius 3 is 2.69 bits per heavy atom. The lowest BCUT2D eigenvalue weighted by atomic mass is 10.1. The summed E-state index contributed by atoms with van der Waals surface area (Å²) in [5, 5.41) is 19.6. The summed E-state index contributed by atoms with van der Waals surface area (Å²) < 4.78 is 5.33. The van der Waals surface area contributed by atoms with E-state index in [0.29, 0.717) is 16.9 Å². The fraction of sp³-hybridized carbons (Fsp3) is 0.158. The largest absolute Gasteiger partial charge is 0.493 e. The number of benzene rings is 2. The maximum Gasteiger partial charge on any atom is 0.306 e. The summed E-state index contributed by atoms with van der Waals surface area (Å²) in [6.07, 6.45) is 2.79. The molecule has 26 heavy (non-hydrogen) atoms. The molecule has 0 heterocycles. The number of allylic oxidation sites excluding steroid dienone is 1. The number of carbonyl (C=O) groups excluding carboxylic acids is 1. The first kappa shape index (κ1) is 18.9. The number of nitro groups is 1. The van der Waals surface area contributed by atoms with Gasteiger partial charge in [0.05, 0.1) is 18.0 Å². The minimum absolute atomic E-state index is 0.0501. The van der Waals surface area contributed by atoms with Gasteiger partial charge in [-0.15, -0.1) is 0 Å². The minimum atomic E-state index is -0.946. The van der Waals surface area contributed by atoms with Crippen molar-refractivity contribution in [1.29, 1.82) is 0 Å². The molecule has 0 saturated carbocycles. The highest BCUT2D eigenvalue weighted by atomic mass is 16.6. The van der Waals surface area contributed by atoms with E-state index < -0.39 is 10.9 Å². The lowest BCUT2D eigenvalue weighted by Crippen LogP contribution is -2.04. The number of hydrogen-bond acceptors (Lipinski definition) is 5. The van der Waals surface area contributed by atoms with Gasteiger partial charge < -0.3 is 9.84 Å². The lowest BCUT2D eigenvalue weighted by Gasteiger charge is -2.05. The van der Waals surface area contributed by atoms with Crippen molar-refractivity contribution < 1.29 is 24.4 Å². The number of carboxylic acids is 1. The highest BCUT2D eigenvalue weighted by Gasteiger charge is 2.13. The highest BCUT2D eigenvalue weighted by Crippen LogP contribution is 2.20. The summed E-state index contributed by atoms with van der Waals surface area (Å²) in [7, 11) is 0. The second-order valence-electron chi connectivity index (χ2n) is 5.52. The molecule has 0 spiro atoms. The normalized spacial score (nSPS) is 10.7. The Kier molecular flexibility index (Phi) is 6.21. The van der Waals surface area contributed by atoms with Gasteiger partial charge in [-0.3, -0.25) is 19.7 Å². The first-order valence-corrected chi connectivity index (χ1v) is 7.79. The standard InChI is InChI=1S/C19H17NO6/c1-13-5-7-15(12-17(13)20(24)25)18(21)8-6-14-3-2-4-16(11-14)26-10-9-19(22)23/h2-8,11-12H,9-10H2,1H3,(H,22,23). The zero-order chi connectivity index (χ0) is 19.1. The summed E-state index contributed by atoms with van der Waals surface area (Å²) >= 11 is 0. The third kappa shape index (κ3) is 5.27. The van der Waals surface area contributed by atoms with Crippen LogP contribution in [-0.4, -0.2) is 28.4 Å². The average molecular weight is 355 g/mol. The molecule has 0 fully saturated rings. The van der Waals surface area contributed by atoms with Gasteiger partial charge in [-0.2, -0.15) is 0 Å². The van der Waals surface area contributed by atoms with Crippen LogP contribution in [0.5, 0.6) is 5.75 Å². The zero-order valence-corrected chi connectivity index (χ0v) is 14.0. The first-order chi connectivity index (χ1) is 12.4. The second kappa shape index (κ2) is 8.57. The van der Waals surface area contributed by atoms with Gasteiger partial charge in [0.25, 0.3) is 5.69 Å². The fourth-order valence-corrected chi connectivity index (χ4v) is 2.19. The van der Waals surface area contributed by atoms with Gasteiger partial charge in [0, 0.05) is 17.2 Å². The monoisotopic (exact) mass is 355 g/mol. The molecule has 0 atom stereocenters. The number of hydrogen-bond donors (Lipinski definition) is 1. The average Bonchev–Trinajstić information content (AvgIpc) is 2.60. The molecule has 0 aliphatic rings. The van der Waals surface area contributed by atoms with Gasteiger partial charge >= 0.3 is 5.97 Å². The van der Waals surface area contributed by atoms with E-state index in [1.54, 1.807) is 43.3 Å². The topological polar surface area (TPSA) is 107 Å². The Labute approximate surface area is 149 Å². The predicted molar refractivity (Wildman–Crippen MR) is 95.4 cm³/mol. The molecule has 0 saturated heterocycles. The smallest absolute Gasteiger partial charge is 0.306 e. The maximum absolute atomic E-state index is 12.2. The van der Waals surface area contributed by atoms with E-state index in [1.807, 2.05) is 0 Å². The molecular weight excluding hydrogens is 338 g/mol. The SMILES string of the molecule is Cc1ccc(C(=O)C=Cc2cccc(OCCC(=O)O)c2)cc1[N+](=O)[O-]. The molecule has 0 aliphatic heterocycles. The number of aliphatic carboxylic acids is 1. The predicted octanol–water partition coefficient (Wildman–Crippen LogP) is 3.65. The van der Waals surface area contributed by atoms with E-state index >= 15 is 0 Å². The molecule has 134 valence electrons. The first-order valence-electron chi connectivity index (χ1n) is 7.79. The van der Waals surface area contributed by atoms with E-state index in [1.165, 1.54) is 18.2 Å². The third-order valence-corrected chi connectivity index (χ3v) is 3.56. The van der Waals surface area contributed by atoms with Crippen molar-refractivity contribution in [2.75, 3.05) is 6.61 Å². The molecule has 0 amide bonds. The third-order valence-electron chi connectivity index (χ3n) is 3.56. The molecule has 7 heteroatoms. The van der Waals surface area contributed by atoms with Crippen LogP contribution in [0.3, 0.4) is 0 Å². The van der Waals surface area contributed by atoms with Gasteiger partial charge in [-0.1, -0.05) is 30.3 Å². The van der Waals surface area contributed by atoms with E-state index in [2.05, 4.69) is 0 Å². The molecule has 0 aromatic heterocycles. The summed E-state index contributed by atoms with van der Waals surface area (Å²) in [6.45, 7) is 1.66. The van der Waals surface area contributed by atoms with Crippen LogP contribution in [0.4, 0.5) is 5.69 Å². The van der Waals surface area contributed by atoms with E-state index in [0.717, 1.165) is 0 Å². The number of aryl methyl sites for hydroxylation is 1. The maximum atomic E-state index is 12.2. The van der Waals surface area contributed by atoms with Crippen molar-refractivity contribution in [3.05, 3.63) is 75.3 Å². The summed E-state index contributed by atoms with van der Waals surface area (Å²) in [4.78, 5) is 33.2. The van der Waals surface area contributed by atoms with Gasteiger partial charge in [0.2, 0.25) is 0 Å². The Morgan fingerprint density at radius 1 is 1.23 bits per heavy atom. The number of carbonyl (C=O) groups is 2. The number of rotatable bonds is 8. The quantitative estimate of drug-likeness (QED) is 0.335. The molecular formula is C19H17NO6. The molecule has 1 N–H and O–H groups in total. The molecule has 0 radical (unpaired) electrons. The van der Waals surface area contributed by atoms with Gasteiger partial charge in [-0.25, -0.2) is 0 Å². The number of ether oxygens (including phenoxy) is 1. The van der Waals surface area contributed by atoms with Crippen LogP contribution in [0.2, 0.25) is 0 Å².